The van der Waals surface area contributed by atoms with Gasteiger partial charge in [-0.25, -0.2) is 9.97 Å². The molecule has 4 aromatic carbocycles. The Morgan fingerprint density at radius 3 is 2.02 bits per heavy atom. The van der Waals surface area contributed by atoms with E-state index in [4.69, 9.17) is 9.97 Å². The molecule has 8 rings (SSSR count). The van der Waals surface area contributed by atoms with E-state index < -0.39 is 6.04 Å². The molecule has 2 fully saturated rings. The van der Waals surface area contributed by atoms with E-state index in [1.165, 1.54) is 0 Å². The molecule has 2 aliphatic rings. The summed E-state index contributed by atoms with van der Waals surface area (Å²) in [5.74, 6) is 0.0175. The van der Waals surface area contributed by atoms with Crippen molar-refractivity contribution in [2.24, 2.45) is 5.92 Å². The summed E-state index contributed by atoms with van der Waals surface area (Å²) in [5.41, 5.74) is 6.26. The highest BCUT2D eigenvalue weighted by Crippen LogP contribution is 2.38. The van der Waals surface area contributed by atoms with Crippen LogP contribution in [0, 0.1) is 5.92 Å². The maximum absolute atomic E-state index is 14.0. The minimum atomic E-state index is -0.721. The van der Waals surface area contributed by atoms with Gasteiger partial charge in [0.25, 0.3) is 0 Å². The molecule has 0 radical (unpaired) electrons. The number of benzene rings is 4. The molecule has 1 saturated heterocycles. The lowest BCUT2D eigenvalue weighted by Gasteiger charge is -2.27. The third-order valence-electron chi connectivity index (χ3n) is 10.6. The predicted molar refractivity (Wildman–Crippen MR) is 224 cm³/mol. The molecule has 1 aliphatic carbocycles. The summed E-state index contributed by atoms with van der Waals surface area (Å²) < 4.78 is 0. The highest BCUT2D eigenvalue weighted by molar-refractivity contribution is 7.15. The van der Waals surface area contributed by atoms with Gasteiger partial charge in [0.05, 0.1) is 28.8 Å². The summed E-state index contributed by atoms with van der Waals surface area (Å²) >= 11 is 3.27. The van der Waals surface area contributed by atoms with Gasteiger partial charge in [0.15, 0.2) is 0 Å². The van der Waals surface area contributed by atoms with Crippen molar-refractivity contribution >= 4 is 40.4 Å². The van der Waals surface area contributed by atoms with E-state index in [0.29, 0.717) is 19.5 Å². The minimum absolute atomic E-state index is 0.0114. The fourth-order valence-corrected chi connectivity index (χ4v) is 9.37. The van der Waals surface area contributed by atoms with Crippen LogP contribution >= 0.6 is 22.7 Å². The molecule has 1 N–H and O–H groups in total. The monoisotopic (exact) mass is 779 g/mol. The van der Waals surface area contributed by atoms with Crippen molar-refractivity contribution in [1.29, 1.82) is 0 Å². The van der Waals surface area contributed by atoms with Crippen molar-refractivity contribution in [1.82, 2.24) is 25.1 Å². The first-order valence-corrected chi connectivity index (χ1v) is 21.2. The first-order valence-electron chi connectivity index (χ1n) is 19.5. The summed E-state index contributed by atoms with van der Waals surface area (Å²) in [5, 5.41) is 4.90. The van der Waals surface area contributed by atoms with E-state index in [0.717, 1.165) is 91.8 Å². The lowest BCUT2D eigenvalue weighted by molar-refractivity contribution is -0.137. The molecule has 6 aromatic rings. The molecule has 10 heteroatoms. The van der Waals surface area contributed by atoms with E-state index in [-0.39, 0.29) is 29.7 Å². The van der Waals surface area contributed by atoms with Crippen molar-refractivity contribution in [3.63, 3.8) is 0 Å². The van der Waals surface area contributed by atoms with Crippen LogP contribution in [0.25, 0.3) is 32.0 Å². The van der Waals surface area contributed by atoms with E-state index in [1.54, 1.807) is 22.7 Å². The molecule has 3 amide bonds. The first-order chi connectivity index (χ1) is 27.4. The van der Waals surface area contributed by atoms with E-state index in [1.807, 2.05) is 82.9 Å². The van der Waals surface area contributed by atoms with Crippen molar-refractivity contribution in [3.8, 4) is 32.0 Å². The number of likely N-dealkylation sites (tertiary alicyclic amines) is 1. The van der Waals surface area contributed by atoms with Gasteiger partial charge in [-0.2, -0.15) is 0 Å². The number of nitrogens with zero attached hydrogens (tertiary/aromatic N) is 4. The summed E-state index contributed by atoms with van der Waals surface area (Å²) in [7, 11) is 0. The van der Waals surface area contributed by atoms with Crippen molar-refractivity contribution < 1.29 is 14.4 Å². The second kappa shape index (κ2) is 17.1. The summed E-state index contributed by atoms with van der Waals surface area (Å²) in [4.78, 5) is 55.5. The summed E-state index contributed by atoms with van der Waals surface area (Å²) in [6.45, 7) is 3.79. The van der Waals surface area contributed by atoms with Gasteiger partial charge in [-0.1, -0.05) is 116 Å². The molecule has 1 aliphatic heterocycles. The second-order valence-electron chi connectivity index (χ2n) is 14.6. The Morgan fingerprint density at radius 2 is 1.38 bits per heavy atom. The largest absolute Gasteiger partial charge is 0.340 e. The molecule has 3 heterocycles. The Morgan fingerprint density at radius 1 is 0.768 bits per heavy atom. The standard InChI is InChI=1S/C46H45N5O3S2/c1-2-25-50(46(54)43(36-12-7-4-8-13-36)49-44(53)37-23-24-37)30-41-47-28-39(55-41)34-19-15-32(16-20-34)33-17-21-35(22-18-33)40-29-48-45(56-40)38-14-9-26-51(38)42(52)27-31-10-5-3-6-11-31/h3-8,10-13,15-22,28-29,37-38,43H,2,9,14,23-27,30H2,1H3,(H,49,53)/t38-,43-/m0/s1. The van der Waals surface area contributed by atoms with E-state index in [9.17, 15) is 14.4 Å². The van der Waals surface area contributed by atoms with Crippen molar-refractivity contribution in [2.75, 3.05) is 13.1 Å². The molecule has 0 unspecified atom stereocenters. The maximum atomic E-state index is 14.0. The maximum Gasteiger partial charge on any atom is 0.250 e. The fourth-order valence-electron chi connectivity index (χ4n) is 7.36. The third kappa shape index (κ3) is 8.67. The van der Waals surface area contributed by atoms with Gasteiger partial charge >= 0.3 is 0 Å². The van der Waals surface area contributed by atoms with Crippen LogP contribution in [0.5, 0.6) is 0 Å². The molecule has 284 valence electrons. The van der Waals surface area contributed by atoms with Gasteiger partial charge in [0, 0.05) is 31.4 Å². The van der Waals surface area contributed by atoms with Gasteiger partial charge in [0.2, 0.25) is 17.7 Å². The van der Waals surface area contributed by atoms with Crippen LogP contribution in [-0.2, 0) is 27.3 Å². The highest BCUT2D eigenvalue weighted by atomic mass is 32.1. The smallest absolute Gasteiger partial charge is 0.250 e. The molecule has 0 spiro atoms. The number of carbonyl (C=O) groups excluding carboxylic acids is 3. The van der Waals surface area contributed by atoms with Gasteiger partial charge in [-0.15, -0.1) is 22.7 Å². The number of nitrogens with one attached hydrogen (secondary N) is 1. The van der Waals surface area contributed by atoms with E-state index in [2.05, 4.69) is 60.8 Å². The van der Waals surface area contributed by atoms with Crippen LogP contribution in [0.15, 0.2) is 122 Å². The molecular weight excluding hydrogens is 735 g/mol. The van der Waals surface area contributed by atoms with Crippen LogP contribution in [0.3, 0.4) is 0 Å². The van der Waals surface area contributed by atoms with E-state index >= 15 is 0 Å². The number of rotatable bonds is 14. The van der Waals surface area contributed by atoms with Crippen molar-refractivity contribution in [3.05, 3.63) is 143 Å². The van der Waals surface area contributed by atoms with Gasteiger partial charge in [-0.3, -0.25) is 14.4 Å². The zero-order chi connectivity index (χ0) is 38.4. The number of hydrogen-bond acceptors (Lipinski definition) is 7. The van der Waals surface area contributed by atoms with Crippen molar-refractivity contribution in [2.45, 2.75) is 64.1 Å². The van der Waals surface area contributed by atoms with Gasteiger partial charge in [0.1, 0.15) is 16.1 Å². The second-order valence-corrected chi connectivity index (χ2v) is 16.8. The number of amides is 3. The molecule has 8 nitrogen and oxygen atoms in total. The zero-order valence-electron chi connectivity index (χ0n) is 31.5. The molecule has 0 bridgehead atoms. The Labute approximate surface area is 336 Å². The van der Waals surface area contributed by atoms with Crippen LogP contribution in [0.2, 0.25) is 0 Å². The fraction of sp³-hybridized carbons (Fsp3) is 0.283. The Kier molecular flexibility index (Phi) is 11.5. The number of thiazole rings is 2. The van der Waals surface area contributed by atoms with Crippen LogP contribution in [0.1, 0.15) is 72.3 Å². The first kappa shape index (κ1) is 37.5. The average molecular weight is 780 g/mol. The predicted octanol–water partition coefficient (Wildman–Crippen LogP) is 9.51. The zero-order valence-corrected chi connectivity index (χ0v) is 33.1. The molecular formula is C46H45N5O3S2. The summed E-state index contributed by atoms with van der Waals surface area (Å²) in [6.07, 6.45) is 8.74. The van der Waals surface area contributed by atoms with Gasteiger partial charge < -0.3 is 15.1 Å². The average Bonchev–Trinajstić information content (AvgIpc) is 3.55. The normalized spacial score (nSPS) is 15.7. The highest BCUT2D eigenvalue weighted by Gasteiger charge is 2.35. The molecule has 1 saturated carbocycles. The number of hydrogen-bond donors (Lipinski definition) is 1. The van der Waals surface area contributed by atoms with Crippen LogP contribution < -0.4 is 5.32 Å². The molecule has 56 heavy (non-hydrogen) atoms. The number of carbonyl (C=O) groups is 3. The lowest BCUT2D eigenvalue weighted by Crippen LogP contribution is -2.43. The number of aromatic nitrogens is 2. The van der Waals surface area contributed by atoms with Crippen LogP contribution in [0.4, 0.5) is 0 Å². The SMILES string of the molecule is CCCN(Cc1ncc(-c2ccc(-c3ccc(-c4cnc([C@@H]5CCCN5C(=O)Cc5ccccc5)s4)cc3)cc2)s1)C(=O)[C@@H](NC(=O)C1CC1)c1ccccc1. The Balaban J connectivity index is 0.907. The quantitative estimate of drug-likeness (QED) is 0.119. The molecule has 2 aromatic heterocycles. The Hall–Kier alpha value is -5.45. The van der Waals surface area contributed by atoms with Gasteiger partial charge in [-0.05, 0) is 65.5 Å². The van der Waals surface area contributed by atoms with Crippen LogP contribution in [-0.4, -0.2) is 50.6 Å². The minimum Gasteiger partial charge on any atom is -0.340 e. The topological polar surface area (TPSA) is 95.5 Å². The molecule has 2 atom stereocenters. The Bertz CT molecular complexity index is 2270. The summed E-state index contributed by atoms with van der Waals surface area (Å²) in [6, 6.07) is 35.9. The lowest BCUT2D eigenvalue weighted by atomic mass is 10.0. The third-order valence-corrected chi connectivity index (χ3v) is 12.7.